The summed E-state index contributed by atoms with van der Waals surface area (Å²) in [6.45, 7) is 3.91. The average Bonchev–Trinajstić information content (AvgIpc) is 3.08. The Morgan fingerprint density at radius 1 is 0.636 bits per heavy atom. The molecule has 0 saturated carbocycles. The summed E-state index contributed by atoms with van der Waals surface area (Å²) in [6, 6.07) is 20.0. The number of nitrogens with zero attached hydrogens (tertiary/aromatic N) is 1. The first-order valence-corrected chi connectivity index (χ1v) is 8.74. The zero-order valence-corrected chi connectivity index (χ0v) is 13.5. The van der Waals surface area contributed by atoms with Crippen molar-refractivity contribution in [1.82, 2.24) is 4.90 Å². The number of likely N-dealkylation sites (tertiary alicyclic amines) is 1. The number of benzene rings is 2. The zero-order chi connectivity index (χ0) is 15.0. The number of aryl methyl sites for hydroxylation is 3. The highest BCUT2D eigenvalue weighted by atomic mass is 15.1. The molecule has 1 aliphatic heterocycles. The molecule has 1 aliphatic rings. The van der Waals surface area contributed by atoms with Gasteiger partial charge in [-0.1, -0.05) is 54.6 Å². The second-order valence-electron chi connectivity index (χ2n) is 6.45. The third kappa shape index (κ3) is 4.71. The van der Waals surface area contributed by atoms with E-state index in [0.29, 0.717) is 0 Å². The van der Waals surface area contributed by atoms with Gasteiger partial charge in [-0.3, -0.25) is 0 Å². The van der Waals surface area contributed by atoms with E-state index in [1.807, 2.05) is 0 Å². The highest BCUT2D eigenvalue weighted by Crippen LogP contribution is 2.12. The van der Waals surface area contributed by atoms with Gasteiger partial charge in [0.05, 0.1) is 0 Å². The third-order valence-corrected chi connectivity index (χ3v) is 4.71. The molecule has 0 radical (unpaired) electrons. The van der Waals surface area contributed by atoms with Crippen LogP contribution in [0.5, 0.6) is 0 Å². The van der Waals surface area contributed by atoms with Crippen molar-refractivity contribution in [3.05, 3.63) is 71.3 Å². The highest BCUT2D eigenvalue weighted by molar-refractivity contribution is 5.24. The van der Waals surface area contributed by atoms with Crippen molar-refractivity contribution in [2.75, 3.05) is 19.6 Å². The minimum Gasteiger partial charge on any atom is -0.303 e. The van der Waals surface area contributed by atoms with Crippen LogP contribution in [0.1, 0.15) is 36.0 Å². The molecule has 0 N–H and O–H groups in total. The first-order chi connectivity index (χ1) is 10.9. The molecule has 0 aromatic heterocycles. The van der Waals surface area contributed by atoms with Gasteiger partial charge in [0.2, 0.25) is 0 Å². The van der Waals surface area contributed by atoms with Crippen LogP contribution in [-0.2, 0) is 19.3 Å². The van der Waals surface area contributed by atoms with E-state index in [1.54, 1.807) is 0 Å². The molecule has 1 heteroatoms. The molecule has 2 aromatic rings. The van der Waals surface area contributed by atoms with Crippen molar-refractivity contribution in [3.63, 3.8) is 0 Å². The molecule has 1 nitrogen and oxygen atoms in total. The summed E-state index contributed by atoms with van der Waals surface area (Å²) < 4.78 is 0. The summed E-state index contributed by atoms with van der Waals surface area (Å²) in [5.74, 6) is 0. The van der Waals surface area contributed by atoms with E-state index in [1.165, 1.54) is 62.0 Å². The van der Waals surface area contributed by atoms with Crippen LogP contribution in [0.3, 0.4) is 0 Å². The fourth-order valence-electron chi connectivity index (χ4n) is 3.32. The minimum atomic E-state index is 1.13. The molecule has 0 spiro atoms. The second-order valence-corrected chi connectivity index (χ2v) is 6.45. The zero-order valence-electron chi connectivity index (χ0n) is 13.5. The fraction of sp³-hybridized carbons (Fsp3) is 0.429. The summed E-state index contributed by atoms with van der Waals surface area (Å²) >= 11 is 0. The van der Waals surface area contributed by atoms with Crippen LogP contribution in [0.4, 0.5) is 0 Å². The maximum Gasteiger partial charge on any atom is -0.00156 e. The lowest BCUT2D eigenvalue weighted by Gasteiger charge is -2.14. The molecule has 1 fully saturated rings. The van der Waals surface area contributed by atoms with Gasteiger partial charge in [0.1, 0.15) is 0 Å². The van der Waals surface area contributed by atoms with Crippen LogP contribution in [0, 0.1) is 0 Å². The quantitative estimate of drug-likeness (QED) is 0.726. The predicted octanol–water partition coefficient (Wildman–Crippen LogP) is 4.50. The number of rotatable bonds is 7. The average molecular weight is 293 g/mol. The van der Waals surface area contributed by atoms with Gasteiger partial charge in [0, 0.05) is 0 Å². The van der Waals surface area contributed by atoms with Gasteiger partial charge < -0.3 is 4.90 Å². The van der Waals surface area contributed by atoms with Crippen LogP contribution in [0.15, 0.2) is 54.6 Å². The molecule has 0 unspecified atom stereocenters. The van der Waals surface area contributed by atoms with E-state index >= 15 is 0 Å². The molecule has 22 heavy (non-hydrogen) atoms. The van der Waals surface area contributed by atoms with Gasteiger partial charge in [0.25, 0.3) is 0 Å². The van der Waals surface area contributed by atoms with Gasteiger partial charge in [0.15, 0.2) is 0 Å². The molecule has 3 rings (SSSR count). The summed E-state index contributed by atoms with van der Waals surface area (Å²) in [6.07, 6.45) is 7.58. The number of hydrogen-bond acceptors (Lipinski definition) is 1. The van der Waals surface area contributed by atoms with Gasteiger partial charge in [-0.25, -0.2) is 0 Å². The molecule has 0 amide bonds. The van der Waals surface area contributed by atoms with Crippen LogP contribution in [-0.4, -0.2) is 24.5 Å². The molecule has 1 saturated heterocycles. The summed E-state index contributed by atoms with van der Waals surface area (Å²) in [5, 5.41) is 0. The van der Waals surface area contributed by atoms with Crippen LogP contribution < -0.4 is 0 Å². The molecule has 0 atom stereocenters. The van der Waals surface area contributed by atoms with Gasteiger partial charge >= 0.3 is 0 Å². The Labute approximate surface area is 135 Å². The summed E-state index contributed by atoms with van der Waals surface area (Å²) in [5.41, 5.74) is 4.37. The molecular formula is C21H27N. The first-order valence-electron chi connectivity index (χ1n) is 8.74. The standard InChI is InChI=1S/C21H27N/c1-2-7-19(8-3-1)10-13-21-14-11-20(12-15-21)9-6-18-22-16-4-5-17-22/h1-3,7-8,11-12,14-15H,4-6,9-10,13,16-18H2. The molecule has 2 aromatic carbocycles. The minimum absolute atomic E-state index is 1.13. The maximum atomic E-state index is 2.61. The Morgan fingerprint density at radius 3 is 1.82 bits per heavy atom. The fourth-order valence-corrected chi connectivity index (χ4v) is 3.32. The maximum absolute atomic E-state index is 2.61. The Balaban J connectivity index is 1.41. The second kappa shape index (κ2) is 8.14. The smallest absolute Gasteiger partial charge is 0.00156 e. The lowest BCUT2D eigenvalue weighted by molar-refractivity contribution is 0.334. The van der Waals surface area contributed by atoms with Crippen molar-refractivity contribution in [2.24, 2.45) is 0 Å². The molecule has 0 aliphatic carbocycles. The summed E-state index contributed by atoms with van der Waals surface area (Å²) in [4.78, 5) is 2.61. The van der Waals surface area contributed by atoms with Crippen molar-refractivity contribution in [2.45, 2.75) is 38.5 Å². The molecule has 0 bridgehead atoms. The lowest BCUT2D eigenvalue weighted by Crippen LogP contribution is -2.20. The van der Waals surface area contributed by atoms with Gasteiger partial charge in [-0.2, -0.15) is 0 Å². The van der Waals surface area contributed by atoms with Crippen molar-refractivity contribution in [3.8, 4) is 0 Å². The van der Waals surface area contributed by atoms with Crippen LogP contribution in [0.25, 0.3) is 0 Å². The molecule has 116 valence electrons. The van der Waals surface area contributed by atoms with E-state index in [0.717, 1.165) is 12.8 Å². The Hall–Kier alpha value is -1.60. The van der Waals surface area contributed by atoms with E-state index in [-0.39, 0.29) is 0 Å². The van der Waals surface area contributed by atoms with Crippen LogP contribution >= 0.6 is 0 Å². The normalized spacial score (nSPS) is 15.3. The van der Waals surface area contributed by atoms with E-state index < -0.39 is 0 Å². The predicted molar refractivity (Wildman–Crippen MR) is 94.3 cm³/mol. The van der Waals surface area contributed by atoms with E-state index in [2.05, 4.69) is 59.5 Å². The summed E-state index contributed by atoms with van der Waals surface area (Å²) in [7, 11) is 0. The Kier molecular flexibility index (Phi) is 5.66. The van der Waals surface area contributed by atoms with E-state index in [9.17, 15) is 0 Å². The lowest BCUT2D eigenvalue weighted by atomic mass is 10.0. The highest BCUT2D eigenvalue weighted by Gasteiger charge is 2.10. The topological polar surface area (TPSA) is 3.24 Å². The molecular weight excluding hydrogens is 266 g/mol. The molecule has 1 heterocycles. The first kappa shape index (κ1) is 15.3. The largest absolute Gasteiger partial charge is 0.303 e. The van der Waals surface area contributed by atoms with E-state index in [4.69, 9.17) is 0 Å². The monoisotopic (exact) mass is 293 g/mol. The van der Waals surface area contributed by atoms with Gasteiger partial charge in [-0.15, -0.1) is 0 Å². The van der Waals surface area contributed by atoms with Crippen molar-refractivity contribution >= 4 is 0 Å². The SMILES string of the molecule is c1ccc(CCc2ccc(CCCN3CCCC3)cc2)cc1. The number of hydrogen-bond donors (Lipinski definition) is 0. The van der Waals surface area contributed by atoms with Crippen LogP contribution in [0.2, 0.25) is 0 Å². The third-order valence-electron chi connectivity index (χ3n) is 4.71. The Bertz CT molecular complexity index is 538. The van der Waals surface area contributed by atoms with Gasteiger partial charge in [-0.05, 0) is 74.8 Å². The Morgan fingerprint density at radius 2 is 1.18 bits per heavy atom. The van der Waals surface area contributed by atoms with Crippen molar-refractivity contribution in [1.29, 1.82) is 0 Å². The van der Waals surface area contributed by atoms with Crippen molar-refractivity contribution < 1.29 is 0 Å².